The normalized spacial score (nSPS) is 10.4. The maximum atomic E-state index is 13.2. The van der Waals surface area contributed by atoms with Crippen LogP contribution in [0.3, 0.4) is 0 Å². The Morgan fingerprint density at radius 3 is 2.65 bits per heavy atom. The summed E-state index contributed by atoms with van der Waals surface area (Å²) in [6, 6.07) is 5.97. The van der Waals surface area contributed by atoms with E-state index in [2.05, 4.69) is 9.97 Å². The first-order chi connectivity index (χ1) is 8.10. The lowest BCUT2D eigenvalue weighted by atomic mass is 10.1. The van der Waals surface area contributed by atoms with E-state index in [-0.39, 0.29) is 11.1 Å². The third-order valence-corrected chi connectivity index (χ3v) is 2.43. The molecule has 0 spiro atoms. The summed E-state index contributed by atoms with van der Waals surface area (Å²) in [5.41, 5.74) is 1.81. The fourth-order valence-electron chi connectivity index (χ4n) is 1.55. The molecule has 0 atom stereocenters. The Kier molecular flexibility index (Phi) is 3.24. The number of ether oxygens (including phenoxy) is 1. The molecular weight excluding hydrogens is 243 g/mol. The zero-order valence-electron chi connectivity index (χ0n) is 9.37. The lowest BCUT2D eigenvalue weighted by Gasteiger charge is -2.08. The molecule has 2 aromatic rings. The highest BCUT2D eigenvalue weighted by Gasteiger charge is 2.10. The van der Waals surface area contributed by atoms with Crippen LogP contribution in [0.25, 0.3) is 11.3 Å². The molecule has 2 rings (SSSR count). The molecule has 0 fully saturated rings. The summed E-state index contributed by atoms with van der Waals surface area (Å²) in [5.74, 6) is 0.189. The van der Waals surface area contributed by atoms with Gasteiger partial charge in [-0.3, -0.25) is 0 Å². The highest BCUT2D eigenvalue weighted by molar-refractivity contribution is 6.28. The van der Waals surface area contributed by atoms with Crippen LogP contribution in [0.4, 0.5) is 4.39 Å². The first-order valence-electron chi connectivity index (χ1n) is 4.95. The van der Waals surface area contributed by atoms with Gasteiger partial charge in [-0.1, -0.05) is 0 Å². The second kappa shape index (κ2) is 4.67. The Hall–Kier alpha value is -1.68. The SMILES string of the molecule is COc1ccc(F)cc1-c1cc(C)nc(Cl)n1. The van der Waals surface area contributed by atoms with Gasteiger partial charge in [-0.15, -0.1) is 0 Å². The Morgan fingerprint density at radius 1 is 1.24 bits per heavy atom. The van der Waals surface area contributed by atoms with Crippen molar-refractivity contribution in [2.75, 3.05) is 7.11 Å². The van der Waals surface area contributed by atoms with Gasteiger partial charge in [0, 0.05) is 11.3 Å². The van der Waals surface area contributed by atoms with Crippen molar-refractivity contribution in [3.05, 3.63) is 41.1 Å². The molecule has 3 nitrogen and oxygen atoms in total. The van der Waals surface area contributed by atoms with Gasteiger partial charge in [0.2, 0.25) is 5.28 Å². The van der Waals surface area contributed by atoms with E-state index >= 15 is 0 Å². The number of rotatable bonds is 2. The maximum Gasteiger partial charge on any atom is 0.223 e. The molecule has 0 amide bonds. The van der Waals surface area contributed by atoms with Crippen LogP contribution in [0, 0.1) is 12.7 Å². The van der Waals surface area contributed by atoms with E-state index in [9.17, 15) is 4.39 Å². The number of hydrogen-bond acceptors (Lipinski definition) is 3. The molecule has 0 N–H and O–H groups in total. The van der Waals surface area contributed by atoms with Crippen molar-refractivity contribution in [3.8, 4) is 17.0 Å². The van der Waals surface area contributed by atoms with E-state index in [0.717, 1.165) is 0 Å². The minimum Gasteiger partial charge on any atom is -0.496 e. The molecule has 0 aliphatic heterocycles. The largest absolute Gasteiger partial charge is 0.496 e. The van der Waals surface area contributed by atoms with Gasteiger partial charge in [-0.2, -0.15) is 0 Å². The molecule has 0 saturated carbocycles. The molecular formula is C12H10ClFN2O. The Labute approximate surface area is 103 Å². The molecule has 0 bridgehead atoms. The molecule has 1 aromatic carbocycles. The zero-order valence-corrected chi connectivity index (χ0v) is 10.1. The number of methoxy groups -OCH3 is 1. The first kappa shape index (κ1) is 11.8. The molecule has 0 aliphatic rings. The fourth-order valence-corrected chi connectivity index (χ4v) is 1.78. The Bertz CT molecular complexity index is 540. The van der Waals surface area contributed by atoms with Gasteiger partial charge in [-0.05, 0) is 42.8 Å². The van der Waals surface area contributed by atoms with E-state index in [1.807, 2.05) is 0 Å². The topological polar surface area (TPSA) is 35.0 Å². The highest BCUT2D eigenvalue weighted by atomic mass is 35.5. The number of benzene rings is 1. The van der Waals surface area contributed by atoms with E-state index < -0.39 is 0 Å². The smallest absolute Gasteiger partial charge is 0.223 e. The number of hydrogen-bond donors (Lipinski definition) is 0. The summed E-state index contributed by atoms with van der Waals surface area (Å²) in [5, 5.41) is 0.131. The molecule has 0 saturated heterocycles. The average Bonchev–Trinajstić information content (AvgIpc) is 2.27. The number of halogens is 2. The molecule has 0 aliphatic carbocycles. The summed E-state index contributed by atoms with van der Waals surface area (Å²) in [6.45, 7) is 1.79. The van der Waals surface area contributed by atoms with E-state index in [0.29, 0.717) is 22.7 Å². The summed E-state index contributed by atoms with van der Waals surface area (Å²) >= 11 is 5.78. The van der Waals surface area contributed by atoms with Crippen molar-refractivity contribution in [3.63, 3.8) is 0 Å². The molecule has 1 heterocycles. The second-order valence-corrected chi connectivity index (χ2v) is 3.85. The van der Waals surface area contributed by atoms with Crippen LogP contribution in [-0.4, -0.2) is 17.1 Å². The fraction of sp³-hybridized carbons (Fsp3) is 0.167. The predicted molar refractivity (Wildman–Crippen MR) is 63.7 cm³/mol. The monoisotopic (exact) mass is 252 g/mol. The lowest BCUT2D eigenvalue weighted by Crippen LogP contribution is -1.94. The Morgan fingerprint density at radius 2 is 2.00 bits per heavy atom. The third-order valence-electron chi connectivity index (χ3n) is 2.26. The van der Waals surface area contributed by atoms with Crippen molar-refractivity contribution in [2.45, 2.75) is 6.92 Å². The van der Waals surface area contributed by atoms with Gasteiger partial charge in [0.15, 0.2) is 0 Å². The zero-order chi connectivity index (χ0) is 12.4. The minimum atomic E-state index is -0.354. The van der Waals surface area contributed by atoms with Gasteiger partial charge in [0.1, 0.15) is 11.6 Å². The van der Waals surface area contributed by atoms with Gasteiger partial charge in [0.05, 0.1) is 12.8 Å². The predicted octanol–water partition coefficient (Wildman–Crippen LogP) is 3.25. The third kappa shape index (κ3) is 2.53. The van der Waals surface area contributed by atoms with Crippen LogP contribution < -0.4 is 4.74 Å². The van der Waals surface area contributed by atoms with Gasteiger partial charge < -0.3 is 4.74 Å². The first-order valence-corrected chi connectivity index (χ1v) is 5.33. The van der Waals surface area contributed by atoms with Gasteiger partial charge in [-0.25, -0.2) is 14.4 Å². The van der Waals surface area contributed by atoms with Crippen LogP contribution in [0.5, 0.6) is 5.75 Å². The second-order valence-electron chi connectivity index (χ2n) is 3.51. The molecule has 17 heavy (non-hydrogen) atoms. The summed E-state index contributed by atoms with van der Waals surface area (Å²) in [4.78, 5) is 8.02. The molecule has 88 valence electrons. The van der Waals surface area contributed by atoms with Crippen LogP contribution in [0.15, 0.2) is 24.3 Å². The standard InChI is InChI=1S/C12H10ClFN2O/c1-7-5-10(16-12(13)15-7)9-6-8(14)3-4-11(9)17-2/h3-6H,1-2H3. The van der Waals surface area contributed by atoms with Crippen molar-refractivity contribution in [1.29, 1.82) is 0 Å². The average molecular weight is 253 g/mol. The molecule has 0 unspecified atom stereocenters. The van der Waals surface area contributed by atoms with Crippen LogP contribution in [0.1, 0.15) is 5.69 Å². The van der Waals surface area contributed by atoms with Crippen LogP contribution in [0.2, 0.25) is 5.28 Å². The van der Waals surface area contributed by atoms with Crippen LogP contribution in [-0.2, 0) is 0 Å². The maximum absolute atomic E-state index is 13.2. The van der Waals surface area contributed by atoms with Gasteiger partial charge in [0.25, 0.3) is 0 Å². The van der Waals surface area contributed by atoms with Crippen LogP contribution >= 0.6 is 11.6 Å². The Balaban J connectivity index is 2.62. The summed E-state index contributed by atoms with van der Waals surface area (Å²) < 4.78 is 18.4. The number of nitrogens with zero attached hydrogens (tertiary/aromatic N) is 2. The number of aryl methyl sites for hydroxylation is 1. The van der Waals surface area contributed by atoms with Gasteiger partial charge >= 0.3 is 0 Å². The van der Waals surface area contributed by atoms with Crippen molar-refractivity contribution in [1.82, 2.24) is 9.97 Å². The van der Waals surface area contributed by atoms with Crippen molar-refractivity contribution in [2.24, 2.45) is 0 Å². The van der Waals surface area contributed by atoms with E-state index in [4.69, 9.17) is 16.3 Å². The highest BCUT2D eigenvalue weighted by Crippen LogP contribution is 2.30. The minimum absolute atomic E-state index is 0.131. The molecule has 1 aromatic heterocycles. The molecule has 5 heteroatoms. The molecule has 0 radical (unpaired) electrons. The quantitative estimate of drug-likeness (QED) is 0.770. The van der Waals surface area contributed by atoms with Crippen molar-refractivity contribution >= 4 is 11.6 Å². The summed E-state index contributed by atoms with van der Waals surface area (Å²) in [7, 11) is 1.52. The summed E-state index contributed by atoms with van der Waals surface area (Å²) in [6.07, 6.45) is 0. The van der Waals surface area contributed by atoms with E-state index in [1.54, 1.807) is 19.1 Å². The van der Waals surface area contributed by atoms with E-state index in [1.165, 1.54) is 19.2 Å². The number of aromatic nitrogens is 2. The lowest BCUT2D eigenvalue weighted by molar-refractivity contribution is 0.415. The van der Waals surface area contributed by atoms with Crippen molar-refractivity contribution < 1.29 is 9.13 Å².